The first kappa shape index (κ1) is 12.2. The van der Waals surface area contributed by atoms with Crippen molar-refractivity contribution in [3.05, 3.63) is 6.20 Å². The van der Waals surface area contributed by atoms with E-state index in [1.165, 1.54) is 19.3 Å². The first-order chi connectivity index (χ1) is 9.70. The van der Waals surface area contributed by atoms with Crippen molar-refractivity contribution in [1.29, 1.82) is 0 Å². The molecule has 1 aromatic rings. The van der Waals surface area contributed by atoms with Crippen LogP contribution in [0.1, 0.15) is 38.5 Å². The van der Waals surface area contributed by atoms with E-state index in [2.05, 4.69) is 10.4 Å². The van der Waals surface area contributed by atoms with Crippen molar-refractivity contribution in [1.82, 2.24) is 9.78 Å². The molecule has 5 nitrogen and oxygen atoms in total. The lowest BCUT2D eigenvalue weighted by atomic mass is 9.96. The predicted molar refractivity (Wildman–Crippen MR) is 74.4 cm³/mol. The van der Waals surface area contributed by atoms with Crippen molar-refractivity contribution in [2.45, 2.75) is 44.6 Å². The van der Waals surface area contributed by atoms with Crippen LogP contribution in [0.4, 0.5) is 5.69 Å². The summed E-state index contributed by atoms with van der Waals surface area (Å²) in [5.41, 5.74) is 0.730. The molecule has 0 radical (unpaired) electrons. The summed E-state index contributed by atoms with van der Waals surface area (Å²) >= 11 is 0. The Morgan fingerprint density at radius 3 is 2.85 bits per heavy atom. The summed E-state index contributed by atoms with van der Waals surface area (Å²) in [6.07, 6.45) is 9.04. The smallest absolute Gasteiger partial charge is 0.257 e. The maximum atomic E-state index is 12.4. The van der Waals surface area contributed by atoms with Crippen LogP contribution in [0.2, 0.25) is 0 Å². The summed E-state index contributed by atoms with van der Waals surface area (Å²) in [7, 11) is 1.86. The Bertz CT molecular complexity index is 535. The molecule has 3 saturated carbocycles. The van der Waals surface area contributed by atoms with Crippen LogP contribution in [0.25, 0.3) is 0 Å². The van der Waals surface area contributed by atoms with Crippen molar-refractivity contribution in [3.8, 4) is 5.88 Å². The molecule has 0 saturated heterocycles. The Hall–Kier alpha value is -1.52. The summed E-state index contributed by atoms with van der Waals surface area (Å²) in [5.74, 6) is 2.40. The minimum Gasteiger partial charge on any atom is -0.472 e. The first-order valence-corrected chi connectivity index (χ1v) is 7.72. The standard InChI is InChI=1S/C15H21N3O2/c1-18-8-13(15(17-18)20-10-3-2-4-10)16-14(19)11-6-5-9-7-12(9)11/h8-12H,2-7H2,1H3,(H,16,19)/t9-,11-,12+/m1/s1. The van der Waals surface area contributed by atoms with E-state index >= 15 is 0 Å². The molecular weight excluding hydrogens is 254 g/mol. The zero-order chi connectivity index (χ0) is 13.7. The molecule has 3 atom stereocenters. The van der Waals surface area contributed by atoms with E-state index < -0.39 is 0 Å². The number of amides is 1. The zero-order valence-corrected chi connectivity index (χ0v) is 11.8. The molecule has 0 aromatic carbocycles. The second kappa shape index (κ2) is 4.50. The Labute approximate surface area is 118 Å². The lowest BCUT2D eigenvalue weighted by molar-refractivity contribution is -0.120. The number of aryl methyl sites for hydroxylation is 1. The largest absolute Gasteiger partial charge is 0.472 e. The van der Waals surface area contributed by atoms with Gasteiger partial charge >= 0.3 is 0 Å². The van der Waals surface area contributed by atoms with Gasteiger partial charge in [-0.15, -0.1) is 5.10 Å². The molecule has 0 bridgehead atoms. The quantitative estimate of drug-likeness (QED) is 0.917. The summed E-state index contributed by atoms with van der Waals surface area (Å²) < 4.78 is 7.56. The van der Waals surface area contributed by atoms with E-state index in [4.69, 9.17) is 4.74 Å². The van der Waals surface area contributed by atoms with Crippen LogP contribution in [0, 0.1) is 17.8 Å². The van der Waals surface area contributed by atoms with Crippen LogP contribution >= 0.6 is 0 Å². The van der Waals surface area contributed by atoms with Gasteiger partial charge in [-0.3, -0.25) is 9.48 Å². The number of rotatable bonds is 4. The molecule has 0 aliphatic heterocycles. The summed E-state index contributed by atoms with van der Waals surface area (Å²) in [5, 5.41) is 7.36. The Kier molecular flexibility index (Phi) is 2.75. The topological polar surface area (TPSA) is 56.2 Å². The number of carbonyl (C=O) groups excluding carboxylic acids is 1. The van der Waals surface area contributed by atoms with Gasteiger partial charge in [0.25, 0.3) is 5.88 Å². The normalized spacial score (nSPS) is 31.6. The highest BCUT2D eigenvalue weighted by Gasteiger charge is 2.50. The number of hydrogen-bond acceptors (Lipinski definition) is 3. The van der Waals surface area contributed by atoms with Gasteiger partial charge in [-0.1, -0.05) is 0 Å². The van der Waals surface area contributed by atoms with E-state index in [0.29, 0.717) is 11.8 Å². The van der Waals surface area contributed by atoms with Crippen LogP contribution in [-0.4, -0.2) is 21.8 Å². The average Bonchev–Trinajstić information content (AvgIpc) is 2.87. The molecule has 5 heteroatoms. The lowest BCUT2D eigenvalue weighted by Crippen LogP contribution is -2.26. The third-order valence-electron chi connectivity index (χ3n) is 5.06. The van der Waals surface area contributed by atoms with E-state index in [1.807, 2.05) is 13.2 Å². The second-order valence-electron chi connectivity index (χ2n) is 6.53. The molecule has 4 rings (SSSR count). The minimum absolute atomic E-state index is 0.154. The fourth-order valence-electron chi connectivity index (χ4n) is 3.54. The van der Waals surface area contributed by atoms with Crippen molar-refractivity contribution < 1.29 is 9.53 Å². The average molecular weight is 275 g/mol. The van der Waals surface area contributed by atoms with Gasteiger partial charge in [-0.2, -0.15) is 0 Å². The highest BCUT2D eigenvalue weighted by atomic mass is 16.5. The zero-order valence-electron chi connectivity index (χ0n) is 11.8. The Morgan fingerprint density at radius 2 is 2.25 bits per heavy atom. The van der Waals surface area contributed by atoms with Gasteiger partial charge in [0.1, 0.15) is 11.8 Å². The van der Waals surface area contributed by atoms with Crippen molar-refractivity contribution >= 4 is 11.6 Å². The summed E-state index contributed by atoms with van der Waals surface area (Å²) in [6.45, 7) is 0. The maximum absolute atomic E-state index is 12.4. The lowest BCUT2D eigenvalue weighted by Gasteiger charge is -2.25. The second-order valence-corrected chi connectivity index (χ2v) is 6.53. The highest BCUT2D eigenvalue weighted by molar-refractivity contribution is 5.94. The molecule has 1 N–H and O–H groups in total. The van der Waals surface area contributed by atoms with Crippen molar-refractivity contribution in [2.75, 3.05) is 5.32 Å². The number of anilines is 1. The maximum Gasteiger partial charge on any atom is 0.257 e. The molecule has 3 aliphatic carbocycles. The van der Waals surface area contributed by atoms with Crippen molar-refractivity contribution in [3.63, 3.8) is 0 Å². The number of fused-ring (bicyclic) bond motifs is 1. The van der Waals surface area contributed by atoms with Crippen LogP contribution in [0.5, 0.6) is 5.88 Å². The van der Waals surface area contributed by atoms with Gasteiger partial charge in [-0.25, -0.2) is 0 Å². The summed E-state index contributed by atoms with van der Waals surface area (Å²) in [4.78, 5) is 12.4. The fourth-order valence-corrected chi connectivity index (χ4v) is 3.54. The number of nitrogens with zero attached hydrogens (tertiary/aromatic N) is 2. The minimum atomic E-state index is 0.154. The van der Waals surface area contributed by atoms with E-state index in [0.717, 1.165) is 30.9 Å². The van der Waals surface area contributed by atoms with Gasteiger partial charge in [0.15, 0.2) is 0 Å². The molecule has 108 valence electrons. The Morgan fingerprint density at radius 1 is 1.40 bits per heavy atom. The molecule has 3 aliphatic rings. The van der Waals surface area contributed by atoms with Crippen molar-refractivity contribution in [2.24, 2.45) is 24.8 Å². The van der Waals surface area contributed by atoms with E-state index in [1.54, 1.807) is 4.68 Å². The molecule has 1 amide bonds. The van der Waals surface area contributed by atoms with Gasteiger partial charge in [0, 0.05) is 13.0 Å². The van der Waals surface area contributed by atoms with Gasteiger partial charge in [0.2, 0.25) is 5.91 Å². The number of ether oxygens (including phenoxy) is 1. The van der Waals surface area contributed by atoms with Crippen LogP contribution < -0.4 is 10.1 Å². The monoisotopic (exact) mass is 275 g/mol. The highest BCUT2D eigenvalue weighted by Crippen LogP contribution is 2.55. The molecule has 20 heavy (non-hydrogen) atoms. The SMILES string of the molecule is Cn1cc(NC(=O)[C@@H]2CC[C@@H]3C[C@@H]32)c(OC2CCC2)n1. The van der Waals surface area contributed by atoms with Gasteiger partial charge in [0.05, 0.1) is 6.20 Å². The molecule has 3 fully saturated rings. The number of carbonyl (C=O) groups is 1. The van der Waals surface area contributed by atoms with Crippen LogP contribution in [-0.2, 0) is 11.8 Å². The number of hydrogen-bond donors (Lipinski definition) is 1. The van der Waals surface area contributed by atoms with Gasteiger partial charge < -0.3 is 10.1 Å². The molecular formula is C15H21N3O2. The molecule has 0 unspecified atom stereocenters. The molecule has 0 spiro atoms. The third-order valence-corrected chi connectivity index (χ3v) is 5.06. The molecule has 1 heterocycles. The van der Waals surface area contributed by atoms with Crippen LogP contribution in [0.3, 0.4) is 0 Å². The number of nitrogens with one attached hydrogen (secondary N) is 1. The van der Waals surface area contributed by atoms with E-state index in [-0.39, 0.29) is 17.9 Å². The van der Waals surface area contributed by atoms with E-state index in [9.17, 15) is 4.79 Å². The summed E-state index contributed by atoms with van der Waals surface area (Å²) in [6, 6.07) is 0. The first-order valence-electron chi connectivity index (χ1n) is 7.72. The van der Waals surface area contributed by atoms with Crippen LogP contribution in [0.15, 0.2) is 6.20 Å². The third kappa shape index (κ3) is 2.09. The Balaban J connectivity index is 1.45. The van der Waals surface area contributed by atoms with Gasteiger partial charge in [-0.05, 0) is 50.4 Å². The number of aromatic nitrogens is 2. The predicted octanol–water partition coefficient (Wildman–Crippen LogP) is 2.34. The fraction of sp³-hybridized carbons (Fsp3) is 0.733. The molecule has 1 aromatic heterocycles.